The van der Waals surface area contributed by atoms with Crippen LogP contribution in [0.5, 0.6) is 0 Å². The van der Waals surface area contributed by atoms with Gasteiger partial charge >= 0.3 is 0 Å². The first kappa shape index (κ1) is 15.3. The first-order valence-electron chi connectivity index (χ1n) is 7.90. The van der Waals surface area contributed by atoms with E-state index in [0.717, 1.165) is 45.2 Å². The summed E-state index contributed by atoms with van der Waals surface area (Å²) in [6.07, 6.45) is 6.40. The molecule has 0 radical (unpaired) electrons. The third kappa shape index (κ3) is 3.72. The molecule has 5 heteroatoms. The van der Waals surface area contributed by atoms with Crippen molar-refractivity contribution >= 4 is 11.8 Å². The van der Waals surface area contributed by atoms with E-state index >= 15 is 0 Å². The number of carbonyl (C=O) groups is 2. The van der Waals surface area contributed by atoms with E-state index in [1.54, 1.807) is 0 Å². The van der Waals surface area contributed by atoms with E-state index in [2.05, 4.69) is 12.2 Å². The second-order valence-corrected chi connectivity index (χ2v) is 6.26. The minimum absolute atomic E-state index is 0.0371. The third-order valence-electron chi connectivity index (χ3n) is 4.70. The molecule has 1 aliphatic carbocycles. The summed E-state index contributed by atoms with van der Waals surface area (Å²) < 4.78 is 0. The molecule has 2 rings (SSSR count). The molecule has 1 heterocycles. The third-order valence-corrected chi connectivity index (χ3v) is 4.70. The second-order valence-electron chi connectivity index (χ2n) is 6.26. The summed E-state index contributed by atoms with van der Waals surface area (Å²) >= 11 is 0. The Labute approximate surface area is 121 Å². The van der Waals surface area contributed by atoms with Crippen LogP contribution < -0.4 is 11.1 Å². The molecule has 0 aromatic heterocycles. The molecule has 2 amide bonds. The fourth-order valence-electron chi connectivity index (χ4n) is 3.45. The Morgan fingerprint density at radius 1 is 1.15 bits per heavy atom. The summed E-state index contributed by atoms with van der Waals surface area (Å²) in [6.45, 7) is 3.85. The predicted molar refractivity (Wildman–Crippen MR) is 77.9 cm³/mol. The minimum atomic E-state index is -0.141. The molecule has 3 atom stereocenters. The lowest BCUT2D eigenvalue weighted by molar-refractivity contribution is -0.135. The van der Waals surface area contributed by atoms with Gasteiger partial charge in [0.25, 0.3) is 0 Å². The van der Waals surface area contributed by atoms with Gasteiger partial charge in [0.15, 0.2) is 0 Å². The first-order valence-corrected chi connectivity index (χ1v) is 7.90. The Hall–Kier alpha value is -1.10. The van der Waals surface area contributed by atoms with Crippen molar-refractivity contribution in [2.24, 2.45) is 17.6 Å². The highest BCUT2D eigenvalue weighted by Crippen LogP contribution is 2.28. The fraction of sp³-hybridized carbons (Fsp3) is 0.867. The van der Waals surface area contributed by atoms with E-state index in [0.29, 0.717) is 5.92 Å². The van der Waals surface area contributed by atoms with E-state index < -0.39 is 0 Å². The van der Waals surface area contributed by atoms with Gasteiger partial charge in [-0.15, -0.1) is 0 Å². The smallest absolute Gasteiger partial charge is 0.241 e. The summed E-state index contributed by atoms with van der Waals surface area (Å²) in [5.74, 6) is 0.159. The lowest BCUT2D eigenvalue weighted by atomic mass is 9.76. The molecular formula is C15H27N3O2. The molecule has 5 nitrogen and oxygen atoms in total. The maximum absolute atomic E-state index is 12.2. The number of hydrogen-bond acceptors (Lipinski definition) is 3. The van der Waals surface area contributed by atoms with E-state index in [1.807, 2.05) is 4.90 Å². The lowest BCUT2D eigenvalue weighted by Gasteiger charge is -2.33. The normalized spacial score (nSPS) is 30.9. The molecule has 0 aromatic rings. The number of piperidine rings is 1. The van der Waals surface area contributed by atoms with Crippen LogP contribution in [0.2, 0.25) is 0 Å². The average molecular weight is 281 g/mol. The highest BCUT2D eigenvalue weighted by Gasteiger charge is 2.34. The van der Waals surface area contributed by atoms with Crippen molar-refractivity contribution < 1.29 is 9.59 Å². The molecule has 0 spiro atoms. The molecule has 1 aliphatic heterocycles. The average Bonchev–Trinajstić information content (AvgIpc) is 2.45. The van der Waals surface area contributed by atoms with Crippen molar-refractivity contribution in [2.45, 2.75) is 51.5 Å². The number of amides is 2. The number of nitrogens with zero attached hydrogens (tertiary/aromatic N) is 1. The summed E-state index contributed by atoms with van der Waals surface area (Å²) in [4.78, 5) is 26.1. The summed E-state index contributed by atoms with van der Waals surface area (Å²) in [7, 11) is 0. The van der Waals surface area contributed by atoms with E-state index in [-0.39, 0.29) is 30.3 Å². The van der Waals surface area contributed by atoms with E-state index in [4.69, 9.17) is 5.73 Å². The molecule has 0 aromatic carbocycles. The van der Waals surface area contributed by atoms with Gasteiger partial charge in [-0.25, -0.2) is 0 Å². The van der Waals surface area contributed by atoms with Gasteiger partial charge in [-0.3, -0.25) is 9.59 Å². The SMILES string of the molecule is CC1CCCC(N)C1C(=O)NCC(=O)N1CCCCC1. The lowest BCUT2D eigenvalue weighted by Crippen LogP contribution is -2.50. The number of rotatable bonds is 3. The van der Waals surface area contributed by atoms with Crippen LogP contribution in [0.3, 0.4) is 0 Å². The molecular weight excluding hydrogens is 254 g/mol. The predicted octanol–water partition coefficient (Wildman–Crippen LogP) is 0.879. The maximum atomic E-state index is 12.2. The van der Waals surface area contributed by atoms with Gasteiger partial charge in [-0.1, -0.05) is 13.3 Å². The minimum Gasteiger partial charge on any atom is -0.347 e. The van der Waals surface area contributed by atoms with E-state index in [9.17, 15) is 9.59 Å². The number of nitrogens with two attached hydrogens (primary N) is 1. The van der Waals surface area contributed by atoms with Crippen LogP contribution in [0.25, 0.3) is 0 Å². The van der Waals surface area contributed by atoms with Crippen LogP contribution in [0.15, 0.2) is 0 Å². The highest BCUT2D eigenvalue weighted by atomic mass is 16.2. The van der Waals surface area contributed by atoms with Gasteiger partial charge in [-0.05, 0) is 38.0 Å². The monoisotopic (exact) mass is 281 g/mol. The molecule has 114 valence electrons. The van der Waals surface area contributed by atoms with Crippen molar-refractivity contribution in [1.82, 2.24) is 10.2 Å². The van der Waals surface area contributed by atoms with Gasteiger partial charge in [0.1, 0.15) is 0 Å². The molecule has 0 bridgehead atoms. The Balaban J connectivity index is 1.80. The van der Waals surface area contributed by atoms with Crippen LogP contribution in [0.1, 0.15) is 45.4 Å². The quantitative estimate of drug-likeness (QED) is 0.806. The summed E-state index contributed by atoms with van der Waals surface area (Å²) in [6, 6.07) is -0.0659. The summed E-state index contributed by atoms with van der Waals surface area (Å²) in [5, 5.41) is 2.80. The van der Waals surface area contributed by atoms with Crippen LogP contribution >= 0.6 is 0 Å². The van der Waals surface area contributed by atoms with Crippen LogP contribution in [0.4, 0.5) is 0 Å². The largest absolute Gasteiger partial charge is 0.347 e. The van der Waals surface area contributed by atoms with Crippen molar-refractivity contribution in [3.63, 3.8) is 0 Å². The molecule has 2 aliphatic rings. The number of hydrogen-bond donors (Lipinski definition) is 2. The van der Waals surface area contributed by atoms with Crippen molar-refractivity contribution in [2.75, 3.05) is 19.6 Å². The number of likely N-dealkylation sites (tertiary alicyclic amines) is 1. The van der Waals surface area contributed by atoms with E-state index in [1.165, 1.54) is 6.42 Å². The van der Waals surface area contributed by atoms with Crippen LogP contribution in [-0.4, -0.2) is 42.4 Å². The second kappa shape index (κ2) is 7.07. The van der Waals surface area contributed by atoms with Gasteiger partial charge in [0, 0.05) is 19.1 Å². The zero-order valence-electron chi connectivity index (χ0n) is 12.4. The Morgan fingerprint density at radius 2 is 1.85 bits per heavy atom. The zero-order valence-corrected chi connectivity index (χ0v) is 12.4. The van der Waals surface area contributed by atoms with Gasteiger partial charge in [0.2, 0.25) is 11.8 Å². The maximum Gasteiger partial charge on any atom is 0.241 e. The van der Waals surface area contributed by atoms with Gasteiger partial charge in [0.05, 0.1) is 12.5 Å². The number of nitrogens with one attached hydrogen (secondary N) is 1. The van der Waals surface area contributed by atoms with Crippen LogP contribution in [0, 0.1) is 11.8 Å². The first-order chi connectivity index (χ1) is 9.59. The topological polar surface area (TPSA) is 75.4 Å². The molecule has 3 N–H and O–H groups in total. The molecule has 2 fully saturated rings. The van der Waals surface area contributed by atoms with Crippen LogP contribution in [-0.2, 0) is 9.59 Å². The Kier molecular flexibility index (Phi) is 5.40. The number of carbonyl (C=O) groups excluding carboxylic acids is 2. The van der Waals surface area contributed by atoms with Crippen molar-refractivity contribution in [3.8, 4) is 0 Å². The highest BCUT2D eigenvalue weighted by molar-refractivity contribution is 5.86. The molecule has 20 heavy (non-hydrogen) atoms. The van der Waals surface area contributed by atoms with Crippen molar-refractivity contribution in [1.29, 1.82) is 0 Å². The Bertz CT molecular complexity index is 343. The fourth-order valence-corrected chi connectivity index (χ4v) is 3.45. The molecule has 1 saturated carbocycles. The standard InChI is InChI=1S/C15H27N3O2/c1-11-6-5-7-12(16)14(11)15(20)17-10-13(19)18-8-3-2-4-9-18/h11-12,14H,2-10,16H2,1H3,(H,17,20). The summed E-state index contributed by atoms with van der Waals surface area (Å²) in [5.41, 5.74) is 6.06. The van der Waals surface area contributed by atoms with Gasteiger partial charge < -0.3 is 16.0 Å². The van der Waals surface area contributed by atoms with Crippen molar-refractivity contribution in [3.05, 3.63) is 0 Å². The Morgan fingerprint density at radius 3 is 2.50 bits per heavy atom. The molecule has 1 saturated heterocycles. The van der Waals surface area contributed by atoms with Gasteiger partial charge in [-0.2, -0.15) is 0 Å². The molecule has 3 unspecified atom stereocenters. The zero-order chi connectivity index (χ0) is 14.5.